The van der Waals surface area contributed by atoms with E-state index in [9.17, 15) is 9.00 Å². The van der Waals surface area contributed by atoms with Crippen LogP contribution in [0.25, 0.3) is 0 Å². The van der Waals surface area contributed by atoms with E-state index in [1.165, 1.54) is 12.1 Å². The van der Waals surface area contributed by atoms with Crippen LogP contribution in [-0.2, 0) is 10.8 Å². The number of anilines is 1. The number of rotatable bonds is 6. The lowest BCUT2D eigenvalue weighted by molar-refractivity contribution is 0.0696. The minimum absolute atomic E-state index is 0.205. The minimum atomic E-state index is -0.976. The minimum Gasteiger partial charge on any atom is -0.478 e. The summed E-state index contributed by atoms with van der Waals surface area (Å²) in [5.41, 5.74) is 0.848. The molecule has 0 aliphatic carbocycles. The molecule has 0 saturated heterocycles. The van der Waals surface area contributed by atoms with Gasteiger partial charge in [0.1, 0.15) is 5.82 Å². The van der Waals surface area contributed by atoms with Gasteiger partial charge >= 0.3 is 5.97 Å². The van der Waals surface area contributed by atoms with Crippen molar-refractivity contribution in [2.24, 2.45) is 0 Å². The van der Waals surface area contributed by atoms with Crippen molar-refractivity contribution in [1.29, 1.82) is 0 Å². The highest BCUT2D eigenvalue weighted by Crippen LogP contribution is 2.09. The number of hydrogen-bond donors (Lipinski definition) is 2. The molecule has 0 bridgehead atoms. The maximum atomic E-state index is 11.2. The van der Waals surface area contributed by atoms with Crippen LogP contribution in [0.4, 0.5) is 5.82 Å². The van der Waals surface area contributed by atoms with E-state index < -0.39 is 16.8 Å². The van der Waals surface area contributed by atoms with Crippen molar-refractivity contribution in [1.82, 2.24) is 4.98 Å². The first kappa shape index (κ1) is 13.6. The van der Waals surface area contributed by atoms with Crippen LogP contribution >= 0.6 is 0 Å². The molecule has 0 amide bonds. The van der Waals surface area contributed by atoms with Crippen LogP contribution in [-0.4, -0.2) is 38.3 Å². The van der Waals surface area contributed by atoms with Gasteiger partial charge in [0.25, 0.3) is 0 Å². The molecule has 6 heteroatoms. The molecular formula is C11H16N2O3S. The Morgan fingerprint density at radius 3 is 2.82 bits per heavy atom. The fourth-order valence-electron chi connectivity index (χ4n) is 1.32. The van der Waals surface area contributed by atoms with Gasteiger partial charge in [-0.2, -0.15) is 0 Å². The van der Waals surface area contributed by atoms with E-state index in [0.717, 1.165) is 0 Å². The molecule has 0 aromatic carbocycles. The zero-order valence-corrected chi connectivity index (χ0v) is 10.7. The van der Waals surface area contributed by atoms with E-state index in [4.69, 9.17) is 5.11 Å². The SMILES string of the molecule is CCS(=O)CCNc1cc(C(=O)O)cc(C)n1. The number of aromatic nitrogens is 1. The Morgan fingerprint density at radius 1 is 1.53 bits per heavy atom. The van der Waals surface area contributed by atoms with Crippen molar-refractivity contribution in [3.8, 4) is 0 Å². The van der Waals surface area contributed by atoms with Crippen molar-refractivity contribution in [2.75, 3.05) is 23.4 Å². The molecule has 1 rings (SSSR count). The summed E-state index contributed by atoms with van der Waals surface area (Å²) in [6, 6.07) is 2.99. The number of carboxylic acid groups (broad SMARTS) is 1. The molecule has 0 aliphatic rings. The van der Waals surface area contributed by atoms with Gasteiger partial charge in [-0.1, -0.05) is 6.92 Å². The maximum Gasteiger partial charge on any atom is 0.335 e. The number of aromatic carboxylic acids is 1. The van der Waals surface area contributed by atoms with Crippen molar-refractivity contribution in [3.63, 3.8) is 0 Å². The van der Waals surface area contributed by atoms with Crippen LogP contribution in [0.2, 0.25) is 0 Å². The molecule has 5 nitrogen and oxygen atoms in total. The molecule has 1 unspecified atom stereocenters. The second kappa shape index (κ2) is 6.34. The molecule has 0 spiro atoms. The van der Waals surface area contributed by atoms with E-state index in [2.05, 4.69) is 10.3 Å². The molecule has 0 saturated carbocycles. The molecule has 94 valence electrons. The van der Waals surface area contributed by atoms with Crippen LogP contribution in [0.3, 0.4) is 0 Å². The first-order valence-corrected chi connectivity index (χ1v) is 6.82. The van der Waals surface area contributed by atoms with Gasteiger partial charge in [0.2, 0.25) is 0 Å². The molecule has 1 atom stereocenters. The standard InChI is InChI=1S/C11H16N2O3S/c1-3-17(16)5-4-12-10-7-9(11(14)15)6-8(2)13-10/h6-7H,3-5H2,1-2H3,(H,12,13)(H,14,15). The molecule has 1 aromatic heterocycles. The largest absolute Gasteiger partial charge is 0.478 e. The molecule has 17 heavy (non-hydrogen) atoms. The quantitative estimate of drug-likeness (QED) is 0.801. The molecule has 0 radical (unpaired) electrons. The summed E-state index contributed by atoms with van der Waals surface area (Å²) in [5, 5.41) is 11.9. The summed E-state index contributed by atoms with van der Waals surface area (Å²) >= 11 is 0. The molecule has 1 heterocycles. The van der Waals surface area contributed by atoms with Crippen molar-refractivity contribution in [3.05, 3.63) is 23.4 Å². The van der Waals surface area contributed by atoms with E-state index in [-0.39, 0.29) is 5.56 Å². The van der Waals surface area contributed by atoms with E-state index in [1.807, 2.05) is 6.92 Å². The Labute approximate surface area is 103 Å². The van der Waals surface area contributed by atoms with Gasteiger partial charge in [0, 0.05) is 34.5 Å². The van der Waals surface area contributed by atoms with Crippen LogP contribution < -0.4 is 5.32 Å². The highest BCUT2D eigenvalue weighted by Gasteiger charge is 2.06. The van der Waals surface area contributed by atoms with E-state index >= 15 is 0 Å². The Hall–Kier alpha value is -1.43. The average Bonchev–Trinajstić information content (AvgIpc) is 2.28. The van der Waals surface area contributed by atoms with E-state index in [0.29, 0.717) is 29.6 Å². The molecular weight excluding hydrogens is 240 g/mol. The van der Waals surface area contributed by atoms with Crippen molar-refractivity contribution in [2.45, 2.75) is 13.8 Å². The van der Waals surface area contributed by atoms with Gasteiger partial charge in [-0.25, -0.2) is 9.78 Å². The second-order valence-electron chi connectivity index (χ2n) is 3.55. The predicted molar refractivity (Wildman–Crippen MR) is 68.0 cm³/mol. The zero-order chi connectivity index (χ0) is 12.8. The molecule has 0 fully saturated rings. The Kier molecular flexibility index (Phi) is 5.09. The average molecular weight is 256 g/mol. The summed E-state index contributed by atoms with van der Waals surface area (Å²) in [5.74, 6) is 0.698. The van der Waals surface area contributed by atoms with Gasteiger partial charge in [0.15, 0.2) is 0 Å². The maximum absolute atomic E-state index is 11.2. The molecule has 1 aromatic rings. The summed E-state index contributed by atoms with van der Waals surface area (Å²) < 4.78 is 11.2. The van der Waals surface area contributed by atoms with Crippen LogP contribution in [0.1, 0.15) is 23.0 Å². The van der Waals surface area contributed by atoms with E-state index in [1.54, 1.807) is 6.92 Å². The topological polar surface area (TPSA) is 79.3 Å². The van der Waals surface area contributed by atoms with Gasteiger partial charge in [-0.3, -0.25) is 4.21 Å². The summed E-state index contributed by atoms with van der Waals surface area (Å²) in [7, 11) is -0.827. The fourth-order valence-corrected chi connectivity index (χ4v) is 1.94. The van der Waals surface area contributed by atoms with Crippen molar-refractivity contribution < 1.29 is 14.1 Å². The van der Waals surface area contributed by atoms with Gasteiger partial charge < -0.3 is 10.4 Å². The smallest absolute Gasteiger partial charge is 0.335 e. The molecule has 0 aliphatic heterocycles. The van der Waals surface area contributed by atoms with Gasteiger partial charge in [0.05, 0.1) is 5.56 Å². The van der Waals surface area contributed by atoms with Crippen LogP contribution in [0, 0.1) is 6.92 Å². The lowest BCUT2D eigenvalue weighted by atomic mass is 10.2. The number of nitrogens with zero attached hydrogens (tertiary/aromatic N) is 1. The fraction of sp³-hybridized carbons (Fsp3) is 0.455. The second-order valence-corrected chi connectivity index (χ2v) is 5.41. The van der Waals surface area contributed by atoms with Crippen molar-refractivity contribution >= 4 is 22.6 Å². The number of nitrogens with one attached hydrogen (secondary N) is 1. The summed E-state index contributed by atoms with van der Waals surface area (Å²) in [4.78, 5) is 15.0. The first-order chi connectivity index (χ1) is 8.02. The van der Waals surface area contributed by atoms with Gasteiger partial charge in [-0.05, 0) is 19.1 Å². The highest BCUT2D eigenvalue weighted by molar-refractivity contribution is 7.84. The highest BCUT2D eigenvalue weighted by atomic mass is 32.2. The first-order valence-electron chi connectivity index (χ1n) is 5.33. The number of pyridine rings is 1. The third kappa shape index (κ3) is 4.52. The van der Waals surface area contributed by atoms with Crippen LogP contribution in [0.5, 0.6) is 0 Å². The Balaban J connectivity index is 2.65. The van der Waals surface area contributed by atoms with Crippen LogP contribution in [0.15, 0.2) is 12.1 Å². The third-order valence-corrected chi connectivity index (χ3v) is 3.46. The zero-order valence-electron chi connectivity index (χ0n) is 9.90. The normalized spacial score (nSPS) is 12.1. The Morgan fingerprint density at radius 2 is 2.24 bits per heavy atom. The summed E-state index contributed by atoms with van der Waals surface area (Å²) in [6.45, 7) is 4.13. The Bertz CT molecular complexity index is 435. The number of aryl methyl sites for hydroxylation is 1. The third-order valence-electron chi connectivity index (χ3n) is 2.16. The molecule has 2 N–H and O–H groups in total. The number of carboxylic acids is 1. The summed E-state index contributed by atoms with van der Waals surface area (Å²) in [6.07, 6.45) is 0. The number of hydrogen-bond acceptors (Lipinski definition) is 4. The monoisotopic (exact) mass is 256 g/mol. The van der Waals surface area contributed by atoms with Gasteiger partial charge in [-0.15, -0.1) is 0 Å². The predicted octanol–water partition coefficient (Wildman–Crippen LogP) is 1.27. The number of carbonyl (C=O) groups is 1. The lowest BCUT2D eigenvalue weighted by Crippen LogP contribution is -2.13. The lowest BCUT2D eigenvalue weighted by Gasteiger charge is -2.07.